The predicted octanol–water partition coefficient (Wildman–Crippen LogP) is 3.63. The maximum atomic E-state index is 3.59. The minimum absolute atomic E-state index is 0.485. The van der Waals surface area contributed by atoms with Crippen molar-refractivity contribution in [3.8, 4) is 0 Å². The molecule has 0 aromatic carbocycles. The fourth-order valence-electron chi connectivity index (χ4n) is 2.96. The van der Waals surface area contributed by atoms with Gasteiger partial charge in [0.25, 0.3) is 0 Å². The van der Waals surface area contributed by atoms with E-state index in [0.717, 1.165) is 19.6 Å². The molecule has 0 heterocycles. The summed E-state index contributed by atoms with van der Waals surface area (Å²) in [6.07, 6.45) is 13.8. The zero-order valence-electron chi connectivity index (χ0n) is 16.9. The van der Waals surface area contributed by atoms with E-state index in [0.29, 0.717) is 6.17 Å². The van der Waals surface area contributed by atoms with Gasteiger partial charge in [0.05, 0.1) is 6.17 Å². The fraction of sp³-hybridized carbons (Fsp3) is 1.00. The predicted molar refractivity (Wildman–Crippen MR) is 109 cm³/mol. The van der Waals surface area contributed by atoms with E-state index in [1.807, 2.05) is 0 Å². The molecule has 0 bridgehead atoms. The summed E-state index contributed by atoms with van der Waals surface area (Å²) >= 11 is 0. The third-order valence-corrected chi connectivity index (χ3v) is 4.41. The average Bonchev–Trinajstić information content (AvgIpc) is 2.58. The molecule has 0 unspecified atom stereocenters. The minimum atomic E-state index is 0.485. The van der Waals surface area contributed by atoms with E-state index in [9.17, 15) is 0 Å². The highest BCUT2D eigenvalue weighted by Crippen LogP contribution is 2.04. The van der Waals surface area contributed by atoms with Crippen molar-refractivity contribution in [2.75, 3.05) is 39.3 Å². The van der Waals surface area contributed by atoms with E-state index in [-0.39, 0.29) is 0 Å². The highest BCUT2D eigenvalue weighted by molar-refractivity contribution is 4.63. The van der Waals surface area contributed by atoms with Crippen molar-refractivity contribution in [3.63, 3.8) is 0 Å². The van der Waals surface area contributed by atoms with Gasteiger partial charge >= 0.3 is 0 Å². The molecule has 4 N–H and O–H groups in total. The molecule has 0 spiro atoms. The van der Waals surface area contributed by atoms with Gasteiger partial charge < -0.3 is 21.3 Å². The van der Waals surface area contributed by atoms with Crippen LogP contribution >= 0.6 is 0 Å². The van der Waals surface area contributed by atoms with Crippen molar-refractivity contribution in [1.29, 1.82) is 0 Å². The molecule has 4 nitrogen and oxygen atoms in total. The molecule has 0 saturated heterocycles. The third-order valence-electron chi connectivity index (χ3n) is 4.41. The molecule has 146 valence electrons. The molecule has 0 radical (unpaired) electrons. The first-order valence-electron chi connectivity index (χ1n) is 10.7. The quantitative estimate of drug-likeness (QED) is 0.202. The fourth-order valence-corrected chi connectivity index (χ4v) is 2.96. The van der Waals surface area contributed by atoms with Crippen LogP contribution in [0.1, 0.15) is 85.0 Å². The van der Waals surface area contributed by atoms with Crippen LogP contribution in [-0.4, -0.2) is 45.4 Å². The number of nitrogens with one attached hydrogen (secondary N) is 4. The lowest BCUT2D eigenvalue weighted by molar-refractivity contribution is 0.403. The molecular weight excluding hydrogens is 296 g/mol. The second kappa shape index (κ2) is 20.9. The summed E-state index contributed by atoms with van der Waals surface area (Å²) in [5, 5.41) is 14.1. The second-order valence-corrected chi connectivity index (χ2v) is 6.79. The Morgan fingerprint density at radius 3 is 1.50 bits per heavy atom. The molecular formula is C20H46N4. The van der Waals surface area contributed by atoms with Crippen LogP contribution in [-0.2, 0) is 0 Å². The van der Waals surface area contributed by atoms with Crippen molar-refractivity contribution >= 4 is 0 Å². The van der Waals surface area contributed by atoms with E-state index in [4.69, 9.17) is 0 Å². The van der Waals surface area contributed by atoms with E-state index < -0.39 is 0 Å². The lowest BCUT2D eigenvalue weighted by atomic mass is 10.1. The molecule has 0 aliphatic carbocycles. The summed E-state index contributed by atoms with van der Waals surface area (Å²) < 4.78 is 0. The average molecular weight is 343 g/mol. The zero-order chi connectivity index (χ0) is 17.7. The normalized spacial score (nSPS) is 11.5. The van der Waals surface area contributed by atoms with Crippen molar-refractivity contribution in [2.24, 2.45) is 0 Å². The summed E-state index contributed by atoms with van der Waals surface area (Å²) in [4.78, 5) is 0. The Hall–Kier alpha value is -0.160. The Kier molecular flexibility index (Phi) is 20.7. The summed E-state index contributed by atoms with van der Waals surface area (Å²) in [6, 6.07) is 0. The van der Waals surface area contributed by atoms with Crippen LogP contribution in [0.15, 0.2) is 0 Å². The van der Waals surface area contributed by atoms with Crippen molar-refractivity contribution in [1.82, 2.24) is 21.3 Å². The lowest BCUT2D eigenvalue weighted by Crippen LogP contribution is -2.42. The van der Waals surface area contributed by atoms with Gasteiger partial charge in [0.1, 0.15) is 0 Å². The first kappa shape index (κ1) is 23.8. The summed E-state index contributed by atoms with van der Waals surface area (Å²) in [5.74, 6) is 0. The number of hydrogen-bond donors (Lipinski definition) is 4. The van der Waals surface area contributed by atoms with E-state index in [1.54, 1.807) is 0 Å². The highest BCUT2D eigenvalue weighted by Gasteiger charge is 2.03. The van der Waals surface area contributed by atoms with E-state index in [1.165, 1.54) is 83.8 Å². The van der Waals surface area contributed by atoms with Gasteiger partial charge in [0, 0.05) is 0 Å². The maximum absolute atomic E-state index is 3.59. The molecule has 0 aromatic heterocycles. The van der Waals surface area contributed by atoms with E-state index in [2.05, 4.69) is 42.0 Å². The van der Waals surface area contributed by atoms with Crippen LogP contribution in [0, 0.1) is 0 Å². The Labute approximate surface area is 152 Å². The molecule has 0 amide bonds. The summed E-state index contributed by atoms with van der Waals surface area (Å²) in [6.45, 7) is 13.4. The van der Waals surface area contributed by atoms with E-state index >= 15 is 0 Å². The molecule has 0 rings (SSSR count). The van der Waals surface area contributed by atoms with Crippen molar-refractivity contribution in [3.05, 3.63) is 0 Å². The molecule has 0 fully saturated rings. The summed E-state index contributed by atoms with van der Waals surface area (Å²) in [7, 11) is 0. The molecule has 0 atom stereocenters. The van der Waals surface area contributed by atoms with Crippen LogP contribution in [0.3, 0.4) is 0 Å². The monoisotopic (exact) mass is 342 g/mol. The van der Waals surface area contributed by atoms with Gasteiger partial charge in [0.2, 0.25) is 0 Å². The van der Waals surface area contributed by atoms with Crippen LogP contribution < -0.4 is 21.3 Å². The standard InChI is InChI=1S/C20H46N4/c1-4-7-16-21-17-12-10-8-9-11-13-18-22-19-14-15-20(23-5-2)24-6-3/h20-24H,4-19H2,1-3H3. The SMILES string of the molecule is CCCCNCCCCCCCCNCCCC(NCC)NCC. The van der Waals surface area contributed by atoms with Crippen LogP contribution in [0.25, 0.3) is 0 Å². The number of hydrogen-bond acceptors (Lipinski definition) is 4. The van der Waals surface area contributed by atoms with Crippen LogP contribution in [0.4, 0.5) is 0 Å². The summed E-state index contributed by atoms with van der Waals surface area (Å²) in [5.41, 5.74) is 0. The third kappa shape index (κ3) is 18.2. The zero-order valence-corrected chi connectivity index (χ0v) is 16.9. The van der Waals surface area contributed by atoms with Crippen LogP contribution in [0.5, 0.6) is 0 Å². The maximum Gasteiger partial charge on any atom is 0.0571 e. The second-order valence-electron chi connectivity index (χ2n) is 6.79. The van der Waals surface area contributed by atoms with Gasteiger partial charge in [-0.05, 0) is 71.4 Å². The van der Waals surface area contributed by atoms with Gasteiger partial charge in [-0.15, -0.1) is 0 Å². The Morgan fingerprint density at radius 1 is 0.542 bits per heavy atom. The van der Waals surface area contributed by atoms with Crippen molar-refractivity contribution in [2.45, 2.75) is 91.1 Å². The molecule has 0 saturated carbocycles. The molecule has 4 heteroatoms. The first-order valence-corrected chi connectivity index (χ1v) is 10.7. The Bertz CT molecular complexity index is 218. The van der Waals surface area contributed by atoms with Crippen molar-refractivity contribution < 1.29 is 0 Å². The smallest absolute Gasteiger partial charge is 0.0571 e. The first-order chi connectivity index (χ1) is 11.8. The lowest BCUT2D eigenvalue weighted by Gasteiger charge is -2.18. The Morgan fingerprint density at radius 2 is 1.00 bits per heavy atom. The molecule has 0 aromatic rings. The topological polar surface area (TPSA) is 48.1 Å². The number of rotatable bonds is 20. The molecule has 0 aliphatic rings. The van der Waals surface area contributed by atoms with Gasteiger partial charge in [-0.25, -0.2) is 0 Å². The van der Waals surface area contributed by atoms with Gasteiger partial charge in [0.15, 0.2) is 0 Å². The van der Waals surface area contributed by atoms with Gasteiger partial charge in [-0.3, -0.25) is 0 Å². The molecule has 0 aliphatic heterocycles. The molecule has 24 heavy (non-hydrogen) atoms. The highest BCUT2D eigenvalue weighted by atomic mass is 15.1. The van der Waals surface area contributed by atoms with Crippen LogP contribution in [0.2, 0.25) is 0 Å². The number of unbranched alkanes of at least 4 members (excludes halogenated alkanes) is 6. The Balaban J connectivity index is 3.14. The van der Waals surface area contributed by atoms with Gasteiger partial charge in [-0.1, -0.05) is 52.9 Å². The minimum Gasteiger partial charge on any atom is -0.317 e. The van der Waals surface area contributed by atoms with Gasteiger partial charge in [-0.2, -0.15) is 0 Å². The largest absolute Gasteiger partial charge is 0.317 e.